The minimum absolute atomic E-state index is 0.0797. The van der Waals surface area contributed by atoms with Crippen molar-refractivity contribution in [3.05, 3.63) is 72.4 Å². The summed E-state index contributed by atoms with van der Waals surface area (Å²) >= 11 is 0. The molecule has 0 radical (unpaired) electrons. The average Bonchev–Trinajstić information content (AvgIpc) is 3.53. The van der Waals surface area contributed by atoms with Gasteiger partial charge in [0.25, 0.3) is 17.6 Å². The number of carbonyl (C=O) groups is 3. The van der Waals surface area contributed by atoms with Crippen LogP contribution in [0.2, 0.25) is 0 Å². The summed E-state index contributed by atoms with van der Waals surface area (Å²) in [5.41, 5.74) is 2.41. The highest BCUT2D eigenvalue weighted by atomic mass is 16.3. The summed E-state index contributed by atoms with van der Waals surface area (Å²) in [6.07, 6.45) is 6.02. The number of benzene rings is 1. The van der Waals surface area contributed by atoms with Crippen LogP contribution < -0.4 is 0 Å². The Labute approximate surface area is 182 Å². The van der Waals surface area contributed by atoms with Gasteiger partial charge in [-0.25, -0.2) is 4.98 Å². The number of aromatic amines is 1. The number of Topliss-reactive ketones (excluding diaryl/α,β-unsaturated/α-hetero) is 1. The van der Waals surface area contributed by atoms with E-state index in [9.17, 15) is 14.4 Å². The molecule has 0 spiro atoms. The van der Waals surface area contributed by atoms with E-state index >= 15 is 0 Å². The second kappa shape index (κ2) is 8.10. The van der Waals surface area contributed by atoms with Gasteiger partial charge in [-0.3, -0.25) is 19.4 Å². The van der Waals surface area contributed by atoms with Crippen LogP contribution in [0, 0.1) is 0 Å². The fourth-order valence-corrected chi connectivity index (χ4v) is 3.87. The van der Waals surface area contributed by atoms with E-state index in [4.69, 9.17) is 4.42 Å². The molecule has 0 aliphatic carbocycles. The number of hydrogen-bond acceptors (Lipinski definition) is 6. The molecule has 0 bridgehead atoms. The molecular formula is C23H19N5O4. The van der Waals surface area contributed by atoms with Crippen molar-refractivity contribution >= 4 is 28.6 Å². The van der Waals surface area contributed by atoms with Gasteiger partial charge in [-0.05, 0) is 18.2 Å². The Kier molecular flexibility index (Phi) is 4.98. The molecule has 4 aromatic rings. The summed E-state index contributed by atoms with van der Waals surface area (Å²) in [7, 11) is 0. The number of carbonyl (C=O) groups excluding carboxylic acids is 3. The first-order chi connectivity index (χ1) is 15.6. The Bertz CT molecular complexity index is 1290. The van der Waals surface area contributed by atoms with E-state index in [1.807, 2.05) is 18.2 Å². The molecule has 160 valence electrons. The zero-order chi connectivity index (χ0) is 22.1. The van der Waals surface area contributed by atoms with Gasteiger partial charge in [0.1, 0.15) is 11.8 Å². The first-order valence-electron chi connectivity index (χ1n) is 10.2. The number of fused-ring (bicyclic) bond motifs is 1. The number of nitrogens with zero attached hydrogens (tertiary/aromatic N) is 4. The number of ketones is 1. The fourth-order valence-electron chi connectivity index (χ4n) is 3.87. The SMILES string of the molecule is O=C(C(=O)N1CCN(C(=O)c2ccccc2)CC1)c1c[nH]c2c(-c3ncco3)ccnc12. The third-order valence-corrected chi connectivity index (χ3v) is 5.54. The number of H-pyrrole nitrogens is 1. The predicted molar refractivity (Wildman–Crippen MR) is 115 cm³/mol. The van der Waals surface area contributed by atoms with Gasteiger partial charge in [0, 0.05) is 44.1 Å². The van der Waals surface area contributed by atoms with Gasteiger partial charge in [-0.1, -0.05) is 18.2 Å². The molecule has 2 amide bonds. The molecule has 4 heterocycles. The van der Waals surface area contributed by atoms with Crippen molar-refractivity contribution < 1.29 is 18.8 Å². The topological polar surface area (TPSA) is 112 Å². The molecule has 9 nitrogen and oxygen atoms in total. The van der Waals surface area contributed by atoms with Crippen LogP contribution in [0.5, 0.6) is 0 Å². The van der Waals surface area contributed by atoms with Crippen molar-refractivity contribution in [1.29, 1.82) is 0 Å². The monoisotopic (exact) mass is 429 g/mol. The molecule has 1 aromatic carbocycles. The third kappa shape index (κ3) is 3.43. The standard InChI is InChI=1S/C23H19N5O4/c29-20(17-14-26-18-16(6-7-24-19(17)18)21-25-8-13-32-21)23(31)28-11-9-27(10-12-28)22(30)15-4-2-1-3-5-15/h1-8,13-14,26H,9-12H2. The highest BCUT2D eigenvalue weighted by Gasteiger charge is 2.30. The molecule has 5 rings (SSSR count). The smallest absolute Gasteiger partial charge is 0.295 e. The van der Waals surface area contributed by atoms with Crippen molar-refractivity contribution in [2.75, 3.05) is 26.2 Å². The minimum atomic E-state index is -0.642. The van der Waals surface area contributed by atoms with E-state index in [0.717, 1.165) is 0 Å². The lowest BCUT2D eigenvalue weighted by atomic mass is 10.1. The Hall–Kier alpha value is -4.27. The van der Waals surface area contributed by atoms with E-state index < -0.39 is 11.7 Å². The van der Waals surface area contributed by atoms with Gasteiger partial charge in [-0.15, -0.1) is 0 Å². The molecule has 1 saturated heterocycles. The van der Waals surface area contributed by atoms with Gasteiger partial charge in [-0.2, -0.15) is 0 Å². The number of pyridine rings is 1. The summed E-state index contributed by atoms with van der Waals surface area (Å²) in [6.45, 7) is 1.32. The van der Waals surface area contributed by atoms with Crippen LogP contribution in [0.25, 0.3) is 22.5 Å². The number of aromatic nitrogens is 3. The largest absolute Gasteiger partial charge is 0.444 e. The zero-order valence-electron chi connectivity index (χ0n) is 17.0. The van der Waals surface area contributed by atoms with Crippen LogP contribution in [0.4, 0.5) is 0 Å². The quantitative estimate of drug-likeness (QED) is 0.394. The average molecular weight is 429 g/mol. The maximum absolute atomic E-state index is 13.0. The zero-order valence-corrected chi connectivity index (χ0v) is 17.0. The molecule has 3 aromatic heterocycles. The second-order valence-corrected chi connectivity index (χ2v) is 7.40. The van der Waals surface area contributed by atoms with Crippen LogP contribution in [0.3, 0.4) is 0 Å². The number of hydrogen-bond donors (Lipinski definition) is 1. The molecule has 32 heavy (non-hydrogen) atoms. The molecule has 0 atom stereocenters. The summed E-state index contributed by atoms with van der Waals surface area (Å²) in [5.74, 6) is -0.940. The molecule has 0 saturated carbocycles. The Morgan fingerprint density at radius 1 is 0.906 bits per heavy atom. The fraction of sp³-hybridized carbons (Fsp3) is 0.174. The number of oxazole rings is 1. The molecule has 9 heteroatoms. The Morgan fingerprint density at radius 3 is 2.38 bits per heavy atom. The molecule has 0 unspecified atom stereocenters. The molecule has 1 aliphatic rings. The second-order valence-electron chi connectivity index (χ2n) is 7.40. The van der Waals surface area contributed by atoms with Crippen LogP contribution in [0.1, 0.15) is 20.7 Å². The Balaban J connectivity index is 1.31. The van der Waals surface area contributed by atoms with Crippen LogP contribution in [-0.2, 0) is 4.79 Å². The highest BCUT2D eigenvalue weighted by molar-refractivity contribution is 6.44. The normalized spacial score (nSPS) is 14.0. The van der Waals surface area contributed by atoms with Crippen molar-refractivity contribution in [2.45, 2.75) is 0 Å². The van der Waals surface area contributed by atoms with Crippen molar-refractivity contribution in [3.63, 3.8) is 0 Å². The lowest BCUT2D eigenvalue weighted by molar-refractivity contribution is -0.127. The van der Waals surface area contributed by atoms with Gasteiger partial charge >= 0.3 is 0 Å². The number of rotatable bonds is 4. The van der Waals surface area contributed by atoms with Crippen LogP contribution >= 0.6 is 0 Å². The summed E-state index contributed by atoms with van der Waals surface area (Å²) in [6, 6.07) is 10.7. The lowest BCUT2D eigenvalue weighted by Gasteiger charge is -2.34. The van der Waals surface area contributed by atoms with Crippen molar-refractivity contribution in [1.82, 2.24) is 24.8 Å². The van der Waals surface area contributed by atoms with Crippen LogP contribution in [0.15, 0.2) is 65.7 Å². The number of piperazine rings is 1. The first kappa shape index (κ1) is 19.7. The molecule has 1 N–H and O–H groups in total. The van der Waals surface area contributed by atoms with E-state index in [1.165, 1.54) is 23.6 Å². The maximum atomic E-state index is 13.0. The van der Waals surface area contributed by atoms with Gasteiger partial charge in [0.15, 0.2) is 0 Å². The van der Waals surface area contributed by atoms with Gasteiger partial charge in [0.05, 0.1) is 22.8 Å². The van der Waals surface area contributed by atoms with Gasteiger partial charge in [0.2, 0.25) is 5.89 Å². The highest BCUT2D eigenvalue weighted by Crippen LogP contribution is 2.27. The van der Waals surface area contributed by atoms with E-state index in [1.54, 1.807) is 29.3 Å². The van der Waals surface area contributed by atoms with Crippen molar-refractivity contribution in [3.8, 4) is 11.5 Å². The van der Waals surface area contributed by atoms with Gasteiger partial charge < -0.3 is 19.2 Å². The van der Waals surface area contributed by atoms with Crippen molar-refractivity contribution in [2.24, 2.45) is 0 Å². The molecule has 1 fully saturated rings. The third-order valence-electron chi connectivity index (χ3n) is 5.54. The maximum Gasteiger partial charge on any atom is 0.295 e. The summed E-state index contributed by atoms with van der Waals surface area (Å²) in [5, 5.41) is 0. The summed E-state index contributed by atoms with van der Waals surface area (Å²) in [4.78, 5) is 53.1. The summed E-state index contributed by atoms with van der Waals surface area (Å²) < 4.78 is 5.35. The lowest BCUT2D eigenvalue weighted by Crippen LogP contribution is -2.52. The number of amides is 2. The molecular weight excluding hydrogens is 410 g/mol. The Morgan fingerprint density at radius 2 is 1.66 bits per heavy atom. The van der Waals surface area contributed by atoms with E-state index in [0.29, 0.717) is 54.2 Å². The minimum Gasteiger partial charge on any atom is -0.444 e. The predicted octanol–water partition coefficient (Wildman–Crippen LogP) is 2.39. The van der Waals surface area contributed by atoms with E-state index in [-0.39, 0.29) is 11.5 Å². The number of nitrogens with one attached hydrogen (secondary N) is 1. The van der Waals surface area contributed by atoms with Crippen LogP contribution in [-0.4, -0.2) is 68.5 Å². The van der Waals surface area contributed by atoms with E-state index in [2.05, 4.69) is 15.0 Å². The molecule has 1 aliphatic heterocycles. The first-order valence-corrected chi connectivity index (χ1v) is 10.2.